The molecule has 1 N–H and O–H groups in total. The van der Waals surface area contributed by atoms with Crippen molar-refractivity contribution in [3.8, 4) is 0 Å². The maximum Gasteiger partial charge on any atom is 0.334 e. The second kappa shape index (κ2) is 3.68. The summed E-state index contributed by atoms with van der Waals surface area (Å²) in [4.78, 5) is 27.3. The Labute approximate surface area is 96.2 Å². The fraction of sp³-hybridized carbons (Fsp3) is 0.200. The minimum absolute atomic E-state index is 0.390. The van der Waals surface area contributed by atoms with Crippen LogP contribution < -0.4 is 5.69 Å². The predicted octanol–water partition coefficient (Wildman–Crippen LogP) is 1.51. The SMILES string of the molecule is CN(C)C(=O)n1c(=O)[nH]c2cc(Cl)ccc21. The van der Waals surface area contributed by atoms with Gasteiger partial charge in [-0.3, -0.25) is 0 Å². The van der Waals surface area contributed by atoms with Crippen LogP contribution in [-0.2, 0) is 0 Å². The standard InChI is InChI=1S/C10H10ClN3O2/c1-13(2)10(16)14-8-4-3-6(11)5-7(8)12-9(14)15/h3-5H,1-2H3,(H,12,15). The summed E-state index contributed by atoms with van der Waals surface area (Å²) in [5.74, 6) is 0. The molecule has 0 spiro atoms. The van der Waals surface area contributed by atoms with E-state index in [1.807, 2.05) is 0 Å². The number of aromatic nitrogens is 2. The minimum atomic E-state index is -0.462. The van der Waals surface area contributed by atoms with E-state index in [-0.39, 0.29) is 0 Å². The number of hydrogen-bond donors (Lipinski definition) is 1. The lowest BCUT2D eigenvalue weighted by Gasteiger charge is -2.09. The third kappa shape index (κ3) is 1.59. The van der Waals surface area contributed by atoms with Crippen LogP contribution in [0.1, 0.15) is 0 Å². The van der Waals surface area contributed by atoms with Gasteiger partial charge < -0.3 is 9.88 Å². The van der Waals surface area contributed by atoms with Gasteiger partial charge in [0.15, 0.2) is 0 Å². The summed E-state index contributed by atoms with van der Waals surface area (Å²) in [7, 11) is 3.17. The van der Waals surface area contributed by atoms with Crippen LogP contribution in [0.3, 0.4) is 0 Å². The highest BCUT2D eigenvalue weighted by Crippen LogP contribution is 2.16. The van der Waals surface area contributed by atoms with E-state index in [1.165, 1.54) is 4.90 Å². The summed E-state index contributed by atoms with van der Waals surface area (Å²) in [6, 6.07) is 4.49. The maximum absolute atomic E-state index is 11.8. The number of carbonyl (C=O) groups is 1. The predicted molar refractivity (Wildman–Crippen MR) is 62.0 cm³/mol. The molecule has 1 aromatic carbocycles. The highest BCUT2D eigenvalue weighted by Gasteiger charge is 2.15. The first-order valence-corrected chi connectivity index (χ1v) is 5.00. The molecule has 0 unspecified atom stereocenters. The molecule has 0 saturated carbocycles. The van der Waals surface area contributed by atoms with Gasteiger partial charge in [0.1, 0.15) is 0 Å². The molecule has 84 valence electrons. The fourth-order valence-electron chi connectivity index (χ4n) is 1.47. The van der Waals surface area contributed by atoms with E-state index in [4.69, 9.17) is 11.6 Å². The molecule has 0 saturated heterocycles. The summed E-state index contributed by atoms with van der Waals surface area (Å²) in [5, 5.41) is 0.512. The zero-order valence-electron chi connectivity index (χ0n) is 8.82. The van der Waals surface area contributed by atoms with Gasteiger partial charge in [-0.1, -0.05) is 11.6 Å². The average molecular weight is 240 g/mol. The summed E-state index contributed by atoms with van der Waals surface area (Å²) < 4.78 is 1.08. The molecule has 16 heavy (non-hydrogen) atoms. The average Bonchev–Trinajstić information content (AvgIpc) is 2.51. The summed E-state index contributed by atoms with van der Waals surface area (Å²) in [5.41, 5.74) is 0.608. The monoisotopic (exact) mass is 239 g/mol. The van der Waals surface area contributed by atoms with Crippen molar-refractivity contribution in [3.05, 3.63) is 33.7 Å². The molecule has 2 rings (SSSR count). The molecular formula is C10H10ClN3O2. The van der Waals surface area contributed by atoms with Crippen LogP contribution in [0.2, 0.25) is 5.02 Å². The lowest BCUT2D eigenvalue weighted by atomic mass is 10.3. The number of benzene rings is 1. The Morgan fingerprint density at radius 2 is 2.12 bits per heavy atom. The largest absolute Gasteiger partial charge is 0.334 e. The number of imidazole rings is 1. The summed E-state index contributed by atoms with van der Waals surface area (Å²) in [6.45, 7) is 0. The number of hydrogen-bond acceptors (Lipinski definition) is 2. The molecule has 5 nitrogen and oxygen atoms in total. The van der Waals surface area contributed by atoms with Crippen LogP contribution in [-0.4, -0.2) is 34.6 Å². The van der Waals surface area contributed by atoms with Crippen LogP contribution in [0.25, 0.3) is 11.0 Å². The van der Waals surface area contributed by atoms with Crippen molar-refractivity contribution in [2.24, 2.45) is 0 Å². The first kappa shape index (κ1) is 10.8. The molecule has 0 aliphatic rings. The number of H-pyrrole nitrogens is 1. The van der Waals surface area contributed by atoms with Gasteiger partial charge in [0.2, 0.25) is 0 Å². The first-order chi connectivity index (χ1) is 7.50. The molecule has 1 amide bonds. The Kier molecular flexibility index (Phi) is 2.47. The van der Waals surface area contributed by atoms with E-state index in [0.29, 0.717) is 16.1 Å². The molecule has 1 heterocycles. The second-order valence-corrected chi connectivity index (χ2v) is 4.04. The molecule has 0 radical (unpaired) electrons. The third-order valence-corrected chi connectivity index (χ3v) is 2.45. The van der Waals surface area contributed by atoms with Gasteiger partial charge in [-0.15, -0.1) is 0 Å². The van der Waals surface area contributed by atoms with Gasteiger partial charge in [0.25, 0.3) is 0 Å². The van der Waals surface area contributed by atoms with Crippen molar-refractivity contribution in [2.75, 3.05) is 14.1 Å². The molecule has 2 aromatic rings. The van der Waals surface area contributed by atoms with E-state index in [9.17, 15) is 9.59 Å². The van der Waals surface area contributed by atoms with Crippen LogP contribution >= 0.6 is 11.6 Å². The molecule has 0 aliphatic carbocycles. The summed E-state index contributed by atoms with van der Waals surface area (Å²) in [6.07, 6.45) is 0. The van der Waals surface area contributed by atoms with Crippen LogP contribution in [0.4, 0.5) is 4.79 Å². The first-order valence-electron chi connectivity index (χ1n) is 4.62. The van der Waals surface area contributed by atoms with Crippen LogP contribution in [0.15, 0.2) is 23.0 Å². The number of halogens is 1. The van der Waals surface area contributed by atoms with E-state index in [2.05, 4.69) is 4.98 Å². The van der Waals surface area contributed by atoms with Crippen molar-refractivity contribution < 1.29 is 4.79 Å². The Morgan fingerprint density at radius 1 is 1.44 bits per heavy atom. The third-order valence-electron chi connectivity index (χ3n) is 2.22. The molecule has 0 aliphatic heterocycles. The number of fused-ring (bicyclic) bond motifs is 1. The Bertz CT molecular complexity index is 612. The number of carbonyl (C=O) groups excluding carboxylic acids is 1. The normalized spacial score (nSPS) is 10.7. The van der Waals surface area contributed by atoms with Gasteiger partial charge in [0, 0.05) is 19.1 Å². The van der Waals surface area contributed by atoms with Gasteiger partial charge in [-0.25, -0.2) is 14.2 Å². The lowest BCUT2D eigenvalue weighted by molar-refractivity contribution is 0.219. The quantitative estimate of drug-likeness (QED) is 0.758. The van der Waals surface area contributed by atoms with Gasteiger partial charge in [-0.05, 0) is 18.2 Å². The van der Waals surface area contributed by atoms with Gasteiger partial charge >= 0.3 is 11.7 Å². The van der Waals surface area contributed by atoms with Crippen molar-refractivity contribution >= 4 is 28.7 Å². The smallest absolute Gasteiger partial charge is 0.330 e. The highest BCUT2D eigenvalue weighted by atomic mass is 35.5. The molecule has 1 aromatic heterocycles. The maximum atomic E-state index is 11.8. The number of nitrogens with one attached hydrogen (secondary N) is 1. The molecule has 0 bridgehead atoms. The van der Waals surface area contributed by atoms with E-state index in [1.54, 1.807) is 32.3 Å². The Balaban J connectivity index is 2.75. The van der Waals surface area contributed by atoms with Crippen molar-refractivity contribution in [1.29, 1.82) is 0 Å². The number of aromatic amines is 1. The van der Waals surface area contributed by atoms with Crippen LogP contribution in [0, 0.1) is 0 Å². The van der Waals surface area contributed by atoms with Crippen molar-refractivity contribution in [2.45, 2.75) is 0 Å². The zero-order chi connectivity index (χ0) is 11.9. The summed E-state index contributed by atoms with van der Waals surface area (Å²) >= 11 is 5.80. The van der Waals surface area contributed by atoms with E-state index in [0.717, 1.165) is 4.57 Å². The van der Waals surface area contributed by atoms with Gasteiger partial charge in [-0.2, -0.15) is 0 Å². The highest BCUT2D eigenvalue weighted by molar-refractivity contribution is 6.31. The van der Waals surface area contributed by atoms with Crippen molar-refractivity contribution in [1.82, 2.24) is 14.5 Å². The second-order valence-electron chi connectivity index (χ2n) is 3.60. The minimum Gasteiger partial charge on any atom is -0.330 e. The Morgan fingerprint density at radius 3 is 2.75 bits per heavy atom. The number of nitrogens with zero attached hydrogens (tertiary/aromatic N) is 2. The fourth-order valence-corrected chi connectivity index (χ4v) is 1.65. The van der Waals surface area contributed by atoms with Crippen LogP contribution in [0.5, 0.6) is 0 Å². The molecule has 6 heteroatoms. The van der Waals surface area contributed by atoms with E-state index >= 15 is 0 Å². The molecular weight excluding hydrogens is 230 g/mol. The molecule has 0 atom stereocenters. The zero-order valence-corrected chi connectivity index (χ0v) is 9.58. The van der Waals surface area contributed by atoms with Crippen molar-refractivity contribution in [3.63, 3.8) is 0 Å². The number of amides is 1. The topological polar surface area (TPSA) is 58.1 Å². The lowest BCUT2D eigenvalue weighted by Crippen LogP contribution is -2.33. The Hall–Kier alpha value is -1.75. The molecule has 0 fully saturated rings. The number of rotatable bonds is 0. The van der Waals surface area contributed by atoms with Gasteiger partial charge in [0.05, 0.1) is 11.0 Å². The van der Waals surface area contributed by atoms with E-state index < -0.39 is 11.7 Å².